The van der Waals surface area contributed by atoms with Gasteiger partial charge in [-0.25, -0.2) is 4.68 Å². The predicted molar refractivity (Wildman–Crippen MR) is 78.4 cm³/mol. The molecule has 0 spiro atoms. The molecule has 0 atom stereocenters. The van der Waals surface area contributed by atoms with E-state index in [9.17, 15) is 5.26 Å². The molecule has 2 aromatic rings. The van der Waals surface area contributed by atoms with Gasteiger partial charge in [-0.2, -0.15) is 10.4 Å². The predicted octanol–water partition coefficient (Wildman–Crippen LogP) is 2.46. The van der Waals surface area contributed by atoms with E-state index in [1.54, 1.807) is 10.9 Å². The lowest BCUT2D eigenvalue weighted by Gasteiger charge is -2.07. The molecule has 0 saturated carbocycles. The van der Waals surface area contributed by atoms with E-state index in [-0.39, 0.29) is 0 Å². The normalized spacial score (nSPS) is 10.3. The molecule has 1 N–H and O–H groups in total. The summed E-state index contributed by atoms with van der Waals surface area (Å²) in [6.45, 7) is 3.76. The molecular weight excluding hydrogens is 339 g/mol. The monoisotopic (exact) mass is 352 g/mol. The molecule has 1 aromatic heterocycles. The average Bonchev–Trinajstić information content (AvgIpc) is 2.82. The van der Waals surface area contributed by atoms with Gasteiger partial charge >= 0.3 is 0 Å². The van der Waals surface area contributed by atoms with Crippen LogP contribution in [0.25, 0.3) is 5.69 Å². The van der Waals surface area contributed by atoms with Gasteiger partial charge in [0.2, 0.25) is 0 Å². The number of aromatic nitrogens is 2. The first-order chi connectivity index (χ1) is 8.74. The quantitative estimate of drug-likeness (QED) is 0.861. The standard InChI is InChI=1S/C13H13IN4/c1-2-16-7-10-3-4-13(11(5-10)6-15)18-9-12(14)8-17-18/h3-5,8-9,16H,2,7H2,1H3. The average molecular weight is 352 g/mol. The zero-order valence-electron chi connectivity index (χ0n) is 10.0. The van der Waals surface area contributed by atoms with Gasteiger partial charge in [-0.3, -0.25) is 0 Å². The first-order valence-electron chi connectivity index (χ1n) is 5.69. The molecule has 0 fully saturated rings. The largest absolute Gasteiger partial charge is 0.313 e. The Hall–Kier alpha value is -1.39. The highest BCUT2D eigenvalue weighted by atomic mass is 127. The summed E-state index contributed by atoms with van der Waals surface area (Å²) in [5.74, 6) is 0. The maximum Gasteiger partial charge on any atom is 0.101 e. The molecule has 1 aromatic carbocycles. The summed E-state index contributed by atoms with van der Waals surface area (Å²) in [4.78, 5) is 0. The van der Waals surface area contributed by atoms with Gasteiger partial charge in [-0.1, -0.05) is 13.0 Å². The molecule has 0 aliphatic heterocycles. The number of rotatable bonds is 4. The van der Waals surface area contributed by atoms with Crippen molar-refractivity contribution in [2.45, 2.75) is 13.5 Å². The van der Waals surface area contributed by atoms with Gasteiger partial charge in [0.25, 0.3) is 0 Å². The van der Waals surface area contributed by atoms with Crippen molar-refractivity contribution < 1.29 is 0 Å². The van der Waals surface area contributed by atoms with Crippen LogP contribution in [0.1, 0.15) is 18.1 Å². The molecule has 0 saturated heterocycles. The molecule has 5 heteroatoms. The third-order valence-electron chi connectivity index (χ3n) is 2.56. The summed E-state index contributed by atoms with van der Waals surface area (Å²) >= 11 is 2.20. The highest BCUT2D eigenvalue weighted by Crippen LogP contribution is 2.16. The lowest BCUT2D eigenvalue weighted by molar-refractivity contribution is 0.726. The van der Waals surface area contributed by atoms with Crippen molar-refractivity contribution in [2.24, 2.45) is 0 Å². The lowest BCUT2D eigenvalue weighted by Crippen LogP contribution is -2.12. The van der Waals surface area contributed by atoms with E-state index < -0.39 is 0 Å². The van der Waals surface area contributed by atoms with Crippen LogP contribution in [0.3, 0.4) is 0 Å². The van der Waals surface area contributed by atoms with Crippen LogP contribution in [0.2, 0.25) is 0 Å². The molecule has 0 unspecified atom stereocenters. The van der Waals surface area contributed by atoms with Crippen LogP contribution in [-0.4, -0.2) is 16.3 Å². The highest BCUT2D eigenvalue weighted by molar-refractivity contribution is 14.1. The van der Waals surface area contributed by atoms with Crippen LogP contribution in [-0.2, 0) is 6.54 Å². The Kier molecular flexibility index (Phi) is 4.33. The van der Waals surface area contributed by atoms with Gasteiger partial charge < -0.3 is 5.32 Å². The molecule has 2 rings (SSSR count). The smallest absolute Gasteiger partial charge is 0.101 e. The van der Waals surface area contributed by atoms with Crippen molar-refractivity contribution in [3.63, 3.8) is 0 Å². The number of benzene rings is 1. The fourth-order valence-corrected chi connectivity index (χ4v) is 2.07. The van der Waals surface area contributed by atoms with Crippen molar-refractivity contribution >= 4 is 22.6 Å². The molecule has 0 bridgehead atoms. The zero-order chi connectivity index (χ0) is 13.0. The third kappa shape index (κ3) is 2.89. The molecule has 92 valence electrons. The Balaban J connectivity index is 2.35. The zero-order valence-corrected chi connectivity index (χ0v) is 12.2. The Bertz CT molecular complexity index is 583. The van der Waals surface area contributed by atoms with Gasteiger partial charge in [0, 0.05) is 12.7 Å². The SMILES string of the molecule is CCNCc1ccc(-n2cc(I)cn2)c(C#N)c1. The fraction of sp³-hybridized carbons (Fsp3) is 0.231. The number of hydrogen-bond acceptors (Lipinski definition) is 3. The molecule has 18 heavy (non-hydrogen) atoms. The van der Waals surface area contributed by atoms with Gasteiger partial charge in [-0.15, -0.1) is 0 Å². The van der Waals surface area contributed by atoms with Crippen molar-refractivity contribution in [3.05, 3.63) is 45.3 Å². The van der Waals surface area contributed by atoms with E-state index in [4.69, 9.17) is 0 Å². The first kappa shape index (κ1) is 13.1. The maximum absolute atomic E-state index is 9.22. The highest BCUT2D eigenvalue weighted by Gasteiger charge is 2.06. The topological polar surface area (TPSA) is 53.6 Å². The summed E-state index contributed by atoms with van der Waals surface area (Å²) in [5, 5.41) is 16.7. The lowest BCUT2D eigenvalue weighted by atomic mass is 10.1. The summed E-state index contributed by atoms with van der Waals surface area (Å²) < 4.78 is 2.78. The maximum atomic E-state index is 9.22. The number of nitrogens with zero attached hydrogens (tertiary/aromatic N) is 3. The van der Waals surface area contributed by atoms with E-state index in [1.807, 2.05) is 24.4 Å². The van der Waals surface area contributed by atoms with E-state index in [1.165, 1.54) is 0 Å². The van der Waals surface area contributed by atoms with E-state index in [0.29, 0.717) is 5.56 Å². The van der Waals surface area contributed by atoms with Gasteiger partial charge in [0.1, 0.15) is 6.07 Å². The van der Waals surface area contributed by atoms with Crippen molar-refractivity contribution in [2.75, 3.05) is 6.54 Å². The van der Waals surface area contributed by atoms with Crippen LogP contribution in [0.15, 0.2) is 30.6 Å². The summed E-state index contributed by atoms with van der Waals surface area (Å²) in [5.41, 5.74) is 2.57. The van der Waals surface area contributed by atoms with Gasteiger partial charge in [0.15, 0.2) is 0 Å². The third-order valence-corrected chi connectivity index (χ3v) is 3.12. The number of nitriles is 1. The van der Waals surface area contributed by atoms with Crippen LogP contribution in [0, 0.1) is 14.9 Å². The van der Waals surface area contributed by atoms with Gasteiger partial charge in [0.05, 0.1) is 21.0 Å². The molecule has 0 amide bonds. The van der Waals surface area contributed by atoms with Crippen molar-refractivity contribution in [1.82, 2.24) is 15.1 Å². The van der Waals surface area contributed by atoms with Crippen LogP contribution < -0.4 is 5.32 Å². The Morgan fingerprint density at radius 2 is 2.33 bits per heavy atom. The molecule has 0 radical (unpaired) electrons. The summed E-state index contributed by atoms with van der Waals surface area (Å²) in [6, 6.07) is 8.10. The van der Waals surface area contributed by atoms with Crippen LogP contribution >= 0.6 is 22.6 Å². The fourth-order valence-electron chi connectivity index (χ4n) is 1.68. The summed E-state index contributed by atoms with van der Waals surface area (Å²) in [7, 11) is 0. The second-order valence-corrected chi connectivity index (χ2v) is 5.09. The minimum absolute atomic E-state index is 0.643. The van der Waals surface area contributed by atoms with E-state index >= 15 is 0 Å². The Labute approximate surface area is 120 Å². The second kappa shape index (κ2) is 5.98. The summed E-state index contributed by atoms with van der Waals surface area (Å²) in [6.07, 6.45) is 3.68. The van der Waals surface area contributed by atoms with Crippen molar-refractivity contribution in [3.8, 4) is 11.8 Å². The minimum atomic E-state index is 0.643. The molecule has 0 aliphatic carbocycles. The van der Waals surface area contributed by atoms with Crippen LogP contribution in [0.4, 0.5) is 0 Å². The Morgan fingerprint density at radius 3 is 2.94 bits per heavy atom. The molecule has 4 nitrogen and oxygen atoms in total. The van der Waals surface area contributed by atoms with Crippen LogP contribution in [0.5, 0.6) is 0 Å². The van der Waals surface area contributed by atoms with E-state index in [2.05, 4.69) is 46.0 Å². The Morgan fingerprint density at radius 1 is 1.50 bits per heavy atom. The molecule has 1 heterocycles. The number of hydrogen-bond donors (Lipinski definition) is 1. The van der Waals surface area contributed by atoms with Gasteiger partial charge in [-0.05, 0) is 46.8 Å². The molecule has 0 aliphatic rings. The number of halogens is 1. The van der Waals surface area contributed by atoms with Crippen molar-refractivity contribution in [1.29, 1.82) is 5.26 Å². The second-order valence-electron chi connectivity index (χ2n) is 3.85. The first-order valence-corrected chi connectivity index (χ1v) is 6.76. The van der Waals surface area contributed by atoms with E-state index in [0.717, 1.165) is 27.9 Å². The minimum Gasteiger partial charge on any atom is -0.313 e. The molecular formula is C13H13IN4. The number of nitrogens with one attached hydrogen (secondary N) is 1.